The summed E-state index contributed by atoms with van der Waals surface area (Å²) in [6.07, 6.45) is 4.85. The molecule has 30 heavy (non-hydrogen) atoms. The van der Waals surface area contributed by atoms with Gasteiger partial charge in [0.05, 0.1) is 6.61 Å². The summed E-state index contributed by atoms with van der Waals surface area (Å²) in [4.78, 5) is 10.1. The molecule has 0 aliphatic carbocycles. The van der Waals surface area contributed by atoms with Crippen LogP contribution >= 0.6 is 35.6 Å². The van der Waals surface area contributed by atoms with Gasteiger partial charge >= 0.3 is 0 Å². The second-order valence-electron chi connectivity index (χ2n) is 9.05. The molecule has 0 saturated carbocycles. The standard InChI is InChI=1S/C23H35ClN4O.HI/c1-3-25-22(28-12-9-23(16-28)10-13-29-17-23)26-15-19-7-5-11-27(2)21(19)18-6-4-8-20(24)14-18;/h4,6,8,14,19,21H,3,5,7,9-13,15-17H2,1-2H3,(H,25,26);1H. The maximum atomic E-state index is 6.30. The van der Waals surface area contributed by atoms with E-state index in [2.05, 4.69) is 47.3 Å². The van der Waals surface area contributed by atoms with Gasteiger partial charge in [-0.25, -0.2) is 0 Å². The molecule has 1 aromatic rings. The van der Waals surface area contributed by atoms with Crippen LogP contribution in [0.2, 0.25) is 5.02 Å². The van der Waals surface area contributed by atoms with E-state index < -0.39 is 0 Å². The lowest BCUT2D eigenvalue weighted by Gasteiger charge is -2.39. The minimum absolute atomic E-state index is 0. The summed E-state index contributed by atoms with van der Waals surface area (Å²) in [6, 6.07) is 8.74. The van der Waals surface area contributed by atoms with Gasteiger partial charge < -0.3 is 15.0 Å². The zero-order valence-corrected chi connectivity index (χ0v) is 21.4. The summed E-state index contributed by atoms with van der Waals surface area (Å²) in [5, 5.41) is 4.36. The Kier molecular flexibility index (Phi) is 8.70. The predicted molar refractivity (Wildman–Crippen MR) is 135 cm³/mol. The highest BCUT2D eigenvalue weighted by atomic mass is 127. The highest BCUT2D eigenvalue weighted by Crippen LogP contribution is 2.39. The molecule has 3 aliphatic heterocycles. The van der Waals surface area contributed by atoms with Crippen molar-refractivity contribution in [3.8, 4) is 0 Å². The van der Waals surface area contributed by atoms with E-state index >= 15 is 0 Å². The lowest BCUT2D eigenvalue weighted by molar-refractivity contribution is 0.125. The molecule has 4 rings (SSSR count). The average molecular weight is 547 g/mol. The second-order valence-corrected chi connectivity index (χ2v) is 9.49. The lowest BCUT2D eigenvalue weighted by atomic mass is 9.85. The highest BCUT2D eigenvalue weighted by Gasteiger charge is 2.42. The smallest absolute Gasteiger partial charge is 0.193 e. The average Bonchev–Trinajstić information content (AvgIpc) is 3.35. The van der Waals surface area contributed by atoms with Crippen molar-refractivity contribution in [1.82, 2.24) is 15.1 Å². The first-order chi connectivity index (χ1) is 14.1. The van der Waals surface area contributed by atoms with E-state index in [1.54, 1.807) is 0 Å². The largest absolute Gasteiger partial charge is 0.381 e. The van der Waals surface area contributed by atoms with E-state index in [4.69, 9.17) is 21.3 Å². The Morgan fingerprint density at radius 2 is 2.20 bits per heavy atom. The summed E-state index contributed by atoms with van der Waals surface area (Å²) in [7, 11) is 2.23. The zero-order valence-electron chi connectivity index (χ0n) is 18.3. The van der Waals surface area contributed by atoms with Crippen LogP contribution in [-0.2, 0) is 4.74 Å². The van der Waals surface area contributed by atoms with E-state index in [0.29, 0.717) is 17.4 Å². The van der Waals surface area contributed by atoms with Gasteiger partial charge in [0, 0.05) is 49.3 Å². The summed E-state index contributed by atoms with van der Waals surface area (Å²) >= 11 is 6.30. The molecule has 3 atom stereocenters. The molecule has 1 spiro atoms. The van der Waals surface area contributed by atoms with Crippen LogP contribution in [0.25, 0.3) is 0 Å². The minimum Gasteiger partial charge on any atom is -0.381 e. The first-order valence-corrected chi connectivity index (χ1v) is 11.5. The number of nitrogens with one attached hydrogen (secondary N) is 1. The topological polar surface area (TPSA) is 40.1 Å². The van der Waals surface area contributed by atoms with Gasteiger partial charge in [-0.1, -0.05) is 23.7 Å². The van der Waals surface area contributed by atoms with Crippen LogP contribution < -0.4 is 5.32 Å². The summed E-state index contributed by atoms with van der Waals surface area (Å²) < 4.78 is 5.71. The Morgan fingerprint density at radius 1 is 1.33 bits per heavy atom. The number of ether oxygens (including phenoxy) is 1. The van der Waals surface area contributed by atoms with Crippen molar-refractivity contribution in [2.75, 3.05) is 53.0 Å². The van der Waals surface area contributed by atoms with Crippen LogP contribution in [0.15, 0.2) is 29.3 Å². The molecule has 3 heterocycles. The van der Waals surface area contributed by atoms with Crippen LogP contribution in [0.4, 0.5) is 0 Å². The number of likely N-dealkylation sites (tertiary alicyclic amines) is 2. The van der Waals surface area contributed by atoms with Crippen molar-refractivity contribution < 1.29 is 4.74 Å². The van der Waals surface area contributed by atoms with Gasteiger partial charge in [-0.3, -0.25) is 9.89 Å². The van der Waals surface area contributed by atoms with Gasteiger partial charge in [0.2, 0.25) is 0 Å². The SMILES string of the molecule is CCNC(=NCC1CCCN(C)C1c1cccc(Cl)c1)N1CCC2(CCOC2)C1.I. The van der Waals surface area contributed by atoms with Gasteiger partial charge in [-0.15, -0.1) is 24.0 Å². The monoisotopic (exact) mass is 546 g/mol. The fourth-order valence-electron chi connectivity index (χ4n) is 5.38. The summed E-state index contributed by atoms with van der Waals surface area (Å²) in [6.45, 7) is 9.02. The molecular formula is C23H36ClIN4O. The molecule has 0 aromatic heterocycles. The molecule has 0 amide bonds. The number of guanidine groups is 1. The van der Waals surface area contributed by atoms with Crippen LogP contribution in [0.5, 0.6) is 0 Å². The first-order valence-electron chi connectivity index (χ1n) is 11.2. The molecule has 7 heteroatoms. The lowest BCUT2D eigenvalue weighted by Crippen LogP contribution is -2.42. The molecule has 1 N–H and O–H groups in total. The maximum absolute atomic E-state index is 6.30. The van der Waals surface area contributed by atoms with Gasteiger partial charge in [-0.2, -0.15) is 0 Å². The van der Waals surface area contributed by atoms with Crippen LogP contribution in [0.1, 0.15) is 44.2 Å². The number of hydrogen-bond acceptors (Lipinski definition) is 3. The molecule has 1 aromatic carbocycles. The first kappa shape index (κ1) is 24.1. The number of nitrogens with zero attached hydrogens (tertiary/aromatic N) is 3. The van der Waals surface area contributed by atoms with Crippen molar-refractivity contribution in [3.63, 3.8) is 0 Å². The third-order valence-electron chi connectivity index (χ3n) is 6.93. The van der Waals surface area contributed by atoms with Gasteiger partial charge in [0.15, 0.2) is 5.96 Å². The van der Waals surface area contributed by atoms with Gasteiger partial charge in [0.1, 0.15) is 0 Å². The van der Waals surface area contributed by atoms with Gasteiger partial charge in [0.25, 0.3) is 0 Å². The fourth-order valence-corrected chi connectivity index (χ4v) is 5.58. The quantitative estimate of drug-likeness (QED) is 0.345. The fraction of sp³-hybridized carbons (Fsp3) is 0.696. The molecular weight excluding hydrogens is 511 g/mol. The second kappa shape index (κ2) is 10.8. The molecule has 0 radical (unpaired) electrons. The predicted octanol–water partition coefficient (Wildman–Crippen LogP) is 4.42. The third kappa shape index (κ3) is 5.43. The molecule has 168 valence electrons. The minimum atomic E-state index is 0. The Hall–Kier alpha value is -0.570. The Morgan fingerprint density at radius 3 is 2.93 bits per heavy atom. The number of halogens is 2. The number of piperidine rings is 1. The maximum Gasteiger partial charge on any atom is 0.193 e. The highest BCUT2D eigenvalue weighted by molar-refractivity contribution is 14.0. The van der Waals surface area contributed by atoms with Crippen molar-refractivity contribution in [2.24, 2.45) is 16.3 Å². The van der Waals surface area contributed by atoms with Crippen LogP contribution in [-0.4, -0.2) is 68.7 Å². The van der Waals surface area contributed by atoms with Gasteiger partial charge in [-0.05, 0) is 69.8 Å². The number of aliphatic imine (C=N–C) groups is 1. The normalized spacial score (nSPS) is 30.0. The van der Waals surface area contributed by atoms with Crippen molar-refractivity contribution in [3.05, 3.63) is 34.9 Å². The number of benzene rings is 1. The van der Waals surface area contributed by atoms with E-state index in [9.17, 15) is 0 Å². The van der Waals surface area contributed by atoms with E-state index in [0.717, 1.165) is 56.9 Å². The molecule has 3 fully saturated rings. The Balaban J connectivity index is 0.00000256. The van der Waals surface area contributed by atoms with E-state index in [1.165, 1.54) is 31.2 Å². The van der Waals surface area contributed by atoms with E-state index in [-0.39, 0.29) is 24.0 Å². The number of hydrogen-bond donors (Lipinski definition) is 1. The van der Waals surface area contributed by atoms with Crippen molar-refractivity contribution in [2.45, 2.75) is 38.6 Å². The third-order valence-corrected chi connectivity index (χ3v) is 7.17. The molecule has 0 bridgehead atoms. The Bertz CT molecular complexity index is 725. The Labute approximate surface area is 203 Å². The zero-order chi connectivity index (χ0) is 20.3. The molecule has 3 saturated heterocycles. The molecule has 3 unspecified atom stereocenters. The van der Waals surface area contributed by atoms with Crippen molar-refractivity contribution >= 4 is 41.5 Å². The number of rotatable bonds is 4. The summed E-state index contributed by atoms with van der Waals surface area (Å²) in [5.41, 5.74) is 1.66. The van der Waals surface area contributed by atoms with Crippen LogP contribution in [0.3, 0.4) is 0 Å². The molecule has 3 aliphatic rings. The summed E-state index contributed by atoms with van der Waals surface area (Å²) in [5.74, 6) is 1.58. The van der Waals surface area contributed by atoms with Crippen molar-refractivity contribution in [1.29, 1.82) is 0 Å². The van der Waals surface area contributed by atoms with E-state index in [1.807, 2.05) is 6.07 Å². The molecule has 5 nitrogen and oxygen atoms in total. The van der Waals surface area contributed by atoms with Crippen LogP contribution in [0, 0.1) is 11.3 Å².